The van der Waals surface area contributed by atoms with Gasteiger partial charge in [-0.1, -0.05) is 142 Å². The van der Waals surface area contributed by atoms with Gasteiger partial charge in [-0.3, -0.25) is 0 Å². The Balaban J connectivity index is 0. The molecule has 2 radical (unpaired) electrons. The van der Waals surface area contributed by atoms with Gasteiger partial charge in [0, 0.05) is 0 Å². The molecule has 0 aliphatic carbocycles. The first-order valence-corrected chi connectivity index (χ1v) is 10.9. The summed E-state index contributed by atoms with van der Waals surface area (Å²) < 4.78 is 0. The van der Waals surface area contributed by atoms with E-state index in [9.17, 15) is 0 Å². The van der Waals surface area contributed by atoms with Crippen molar-refractivity contribution in [2.45, 2.75) is 142 Å². The van der Waals surface area contributed by atoms with Gasteiger partial charge in [0.2, 0.25) is 0 Å². The summed E-state index contributed by atoms with van der Waals surface area (Å²) in [6, 6.07) is 0. The molecule has 0 saturated carbocycles. The standard InChI is InChI=1S/C22H46.Pb.2H/c1-3-5-7-9-11-13-15-17-19-21-22-20-18-16-14-12-10-8-6-4-2;;;/h3-22H2,1-2H3;;;. The van der Waals surface area contributed by atoms with Crippen LogP contribution in [0.4, 0.5) is 0 Å². The predicted octanol–water partition coefficient (Wildman–Crippen LogP) is 7.91. The molecule has 0 heterocycles. The first-order valence-electron chi connectivity index (χ1n) is 10.9. The van der Waals surface area contributed by atoms with Gasteiger partial charge in [0.1, 0.15) is 0 Å². The van der Waals surface area contributed by atoms with Crippen molar-refractivity contribution in [2.75, 3.05) is 0 Å². The van der Waals surface area contributed by atoms with Crippen LogP contribution in [0, 0.1) is 0 Å². The van der Waals surface area contributed by atoms with Gasteiger partial charge in [0.05, 0.1) is 0 Å². The van der Waals surface area contributed by atoms with E-state index in [1.807, 2.05) is 0 Å². The SMILES string of the molecule is CCCCCCCCCCCCCCCCCCCCCC.[PbH2]. The van der Waals surface area contributed by atoms with E-state index >= 15 is 0 Å². The Kier molecular flexibility index (Phi) is 28.6. The molecule has 0 aliphatic rings. The van der Waals surface area contributed by atoms with Crippen LogP contribution < -0.4 is 0 Å². The van der Waals surface area contributed by atoms with Crippen molar-refractivity contribution in [3.63, 3.8) is 0 Å². The van der Waals surface area contributed by atoms with Gasteiger partial charge in [-0.05, 0) is 0 Å². The number of unbranched alkanes of at least 4 members (excludes halogenated alkanes) is 19. The Morgan fingerprint density at radius 2 is 0.391 bits per heavy atom. The van der Waals surface area contributed by atoms with Gasteiger partial charge in [0.15, 0.2) is 0 Å². The van der Waals surface area contributed by atoms with Crippen molar-refractivity contribution in [3.8, 4) is 0 Å². The zero-order valence-corrected chi connectivity index (χ0v) is 22.3. The van der Waals surface area contributed by atoms with E-state index in [2.05, 4.69) is 13.8 Å². The average Bonchev–Trinajstić information content (AvgIpc) is 2.54. The molecule has 0 nitrogen and oxygen atoms in total. The quantitative estimate of drug-likeness (QED) is 0.120. The van der Waals surface area contributed by atoms with Crippen LogP contribution >= 0.6 is 0 Å². The molecule has 0 rings (SSSR count). The molecule has 0 amide bonds. The Morgan fingerprint density at radius 1 is 0.261 bits per heavy atom. The summed E-state index contributed by atoms with van der Waals surface area (Å²) in [5, 5.41) is 0. The van der Waals surface area contributed by atoms with E-state index in [1.54, 1.807) is 0 Å². The monoisotopic (exact) mass is 520 g/mol. The number of rotatable bonds is 19. The van der Waals surface area contributed by atoms with Crippen molar-refractivity contribution in [1.29, 1.82) is 0 Å². The van der Waals surface area contributed by atoms with Crippen LogP contribution in [-0.4, -0.2) is 27.3 Å². The minimum absolute atomic E-state index is 0. The minimum atomic E-state index is 0. The van der Waals surface area contributed by atoms with Crippen molar-refractivity contribution >= 4 is 27.3 Å². The Labute approximate surface area is 169 Å². The molecule has 0 N–H and O–H groups in total. The summed E-state index contributed by atoms with van der Waals surface area (Å²) in [7, 11) is 0. The van der Waals surface area contributed by atoms with E-state index in [4.69, 9.17) is 0 Å². The van der Waals surface area contributed by atoms with Crippen molar-refractivity contribution in [3.05, 3.63) is 0 Å². The van der Waals surface area contributed by atoms with Crippen LogP contribution in [0.15, 0.2) is 0 Å². The zero-order valence-electron chi connectivity index (χ0n) is 16.8. The number of hydrogen-bond donors (Lipinski definition) is 0. The van der Waals surface area contributed by atoms with Crippen molar-refractivity contribution in [2.24, 2.45) is 0 Å². The second kappa shape index (κ2) is 25.2. The van der Waals surface area contributed by atoms with E-state index in [0.29, 0.717) is 0 Å². The molecule has 0 spiro atoms. The molecule has 140 valence electrons. The summed E-state index contributed by atoms with van der Waals surface area (Å²) in [6.45, 7) is 4.60. The van der Waals surface area contributed by atoms with Crippen LogP contribution in [0.2, 0.25) is 0 Å². The van der Waals surface area contributed by atoms with Gasteiger partial charge in [-0.25, -0.2) is 0 Å². The van der Waals surface area contributed by atoms with Gasteiger partial charge in [-0.2, -0.15) is 0 Å². The molecule has 0 aromatic heterocycles. The van der Waals surface area contributed by atoms with Crippen molar-refractivity contribution < 1.29 is 0 Å². The normalized spacial score (nSPS) is 10.7. The van der Waals surface area contributed by atoms with Crippen LogP contribution in [0.5, 0.6) is 0 Å². The molecule has 0 fully saturated rings. The molecule has 0 aromatic carbocycles. The molecule has 0 bridgehead atoms. The van der Waals surface area contributed by atoms with Gasteiger partial charge in [0.25, 0.3) is 0 Å². The summed E-state index contributed by atoms with van der Waals surface area (Å²) in [5.74, 6) is 0. The first-order chi connectivity index (χ1) is 10.9. The summed E-state index contributed by atoms with van der Waals surface area (Å²) in [6.07, 6.45) is 29.4. The molecule has 1 heteroatoms. The van der Waals surface area contributed by atoms with Gasteiger partial charge < -0.3 is 0 Å². The molecule has 0 aliphatic heterocycles. The number of hydrogen-bond acceptors (Lipinski definition) is 0. The zero-order chi connectivity index (χ0) is 16.1. The van der Waals surface area contributed by atoms with Gasteiger partial charge >= 0.3 is 27.3 Å². The van der Waals surface area contributed by atoms with Crippen molar-refractivity contribution in [1.82, 2.24) is 0 Å². The van der Waals surface area contributed by atoms with Gasteiger partial charge in [-0.15, -0.1) is 0 Å². The average molecular weight is 520 g/mol. The molecular formula is C22H48Pb. The third-order valence-electron chi connectivity index (χ3n) is 4.96. The fourth-order valence-corrected chi connectivity index (χ4v) is 3.33. The molecule has 0 atom stereocenters. The molecule has 23 heavy (non-hydrogen) atoms. The second-order valence-corrected chi connectivity index (χ2v) is 7.36. The van der Waals surface area contributed by atoms with Crippen LogP contribution in [0.3, 0.4) is 0 Å². The van der Waals surface area contributed by atoms with E-state index < -0.39 is 0 Å². The van der Waals surface area contributed by atoms with E-state index in [0.717, 1.165) is 0 Å². The predicted molar refractivity (Wildman–Crippen MR) is 112 cm³/mol. The van der Waals surface area contributed by atoms with E-state index in [1.165, 1.54) is 128 Å². The summed E-state index contributed by atoms with van der Waals surface area (Å²) >= 11 is 0. The van der Waals surface area contributed by atoms with E-state index in [-0.39, 0.29) is 27.3 Å². The molecular weight excluding hydrogens is 471 g/mol. The van der Waals surface area contributed by atoms with Crippen LogP contribution in [0.25, 0.3) is 0 Å². The summed E-state index contributed by atoms with van der Waals surface area (Å²) in [5.41, 5.74) is 0. The van der Waals surface area contributed by atoms with Crippen LogP contribution in [0.1, 0.15) is 142 Å². The summed E-state index contributed by atoms with van der Waals surface area (Å²) in [4.78, 5) is 0. The topological polar surface area (TPSA) is 0 Å². The third-order valence-corrected chi connectivity index (χ3v) is 4.96. The second-order valence-electron chi connectivity index (χ2n) is 7.36. The molecule has 0 aromatic rings. The maximum absolute atomic E-state index is 2.30. The first kappa shape index (κ1) is 26.2. The Morgan fingerprint density at radius 3 is 0.522 bits per heavy atom. The fraction of sp³-hybridized carbons (Fsp3) is 1.00. The Bertz CT molecular complexity index is 159. The van der Waals surface area contributed by atoms with Crippen LogP contribution in [-0.2, 0) is 0 Å². The molecule has 0 unspecified atom stereocenters. The fourth-order valence-electron chi connectivity index (χ4n) is 3.33. The Hall–Kier alpha value is 0.922. The molecule has 0 saturated heterocycles. The maximum atomic E-state index is 2.30. The third kappa shape index (κ3) is 25.3.